The van der Waals surface area contributed by atoms with Gasteiger partial charge in [0.15, 0.2) is 11.5 Å². The summed E-state index contributed by atoms with van der Waals surface area (Å²) in [5, 5.41) is 13.1. The summed E-state index contributed by atoms with van der Waals surface area (Å²) in [6.45, 7) is 0.397. The van der Waals surface area contributed by atoms with Crippen molar-refractivity contribution in [2.24, 2.45) is 0 Å². The Labute approximate surface area is 134 Å². The van der Waals surface area contributed by atoms with E-state index in [9.17, 15) is 4.79 Å². The largest absolute Gasteiger partial charge is 0.493 e. The first-order valence-corrected chi connectivity index (χ1v) is 6.89. The number of hydrogen-bond donors (Lipinski definition) is 0. The van der Waals surface area contributed by atoms with Crippen LogP contribution in [0.2, 0.25) is 0 Å². The van der Waals surface area contributed by atoms with Gasteiger partial charge in [0.25, 0.3) is 0 Å². The minimum absolute atomic E-state index is 0.299. The number of aryl methyl sites for hydroxylation is 1. The van der Waals surface area contributed by atoms with Crippen LogP contribution in [0.5, 0.6) is 11.5 Å². The fraction of sp³-hybridized carbons (Fsp3) is 0.312. The van der Waals surface area contributed by atoms with Crippen LogP contribution in [0.15, 0.2) is 24.4 Å². The van der Waals surface area contributed by atoms with Crippen molar-refractivity contribution in [1.82, 2.24) is 9.78 Å². The fourth-order valence-corrected chi connectivity index (χ4v) is 2.16. The predicted molar refractivity (Wildman–Crippen MR) is 82.3 cm³/mol. The topological polar surface area (TPSA) is 86.4 Å². The van der Waals surface area contributed by atoms with Crippen LogP contribution in [-0.2, 0) is 11.3 Å². The van der Waals surface area contributed by atoms with Crippen LogP contribution < -0.4 is 9.47 Å². The van der Waals surface area contributed by atoms with E-state index in [0.29, 0.717) is 41.3 Å². The van der Waals surface area contributed by atoms with Crippen LogP contribution in [0.1, 0.15) is 16.8 Å². The van der Waals surface area contributed by atoms with Gasteiger partial charge in [0, 0.05) is 11.8 Å². The van der Waals surface area contributed by atoms with Crippen LogP contribution in [0.25, 0.3) is 11.3 Å². The summed E-state index contributed by atoms with van der Waals surface area (Å²) in [7, 11) is 4.40. The molecule has 0 aliphatic carbocycles. The van der Waals surface area contributed by atoms with Gasteiger partial charge >= 0.3 is 5.97 Å². The molecular weight excluding hydrogens is 298 g/mol. The highest BCUT2D eigenvalue weighted by Crippen LogP contribution is 2.33. The van der Waals surface area contributed by atoms with Gasteiger partial charge in [-0.15, -0.1) is 0 Å². The zero-order valence-corrected chi connectivity index (χ0v) is 13.2. The quantitative estimate of drug-likeness (QED) is 0.760. The fourth-order valence-electron chi connectivity index (χ4n) is 2.16. The van der Waals surface area contributed by atoms with Gasteiger partial charge in [0.2, 0.25) is 0 Å². The second kappa shape index (κ2) is 7.31. The first-order valence-electron chi connectivity index (χ1n) is 6.89. The van der Waals surface area contributed by atoms with Crippen LogP contribution >= 0.6 is 0 Å². The number of methoxy groups -OCH3 is 3. The number of hydrogen-bond acceptors (Lipinski definition) is 6. The van der Waals surface area contributed by atoms with Gasteiger partial charge in [-0.25, -0.2) is 4.79 Å². The van der Waals surface area contributed by atoms with E-state index in [0.717, 1.165) is 0 Å². The molecule has 1 aromatic heterocycles. The van der Waals surface area contributed by atoms with Gasteiger partial charge < -0.3 is 14.2 Å². The first-order chi connectivity index (χ1) is 11.1. The molecule has 0 amide bonds. The molecule has 120 valence electrons. The van der Waals surface area contributed by atoms with Crippen LogP contribution in [0, 0.1) is 11.3 Å². The summed E-state index contributed by atoms with van der Waals surface area (Å²) in [5.74, 6) is 0.630. The van der Waals surface area contributed by atoms with Crippen LogP contribution in [0.3, 0.4) is 0 Å². The Hall–Kier alpha value is -3.01. The normalized spacial score (nSPS) is 10.0. The molecule has 7 heteroatoms. The van der Waals surface area contributed by atoms with Gasteiger partial charge in [-0.1, -0.05) is 0 Å². The van der Waals surface area contributed by atoms with Crippen molar-refractivity contribution >= 4 is 5.97 Å². The summed E-state index contributed by atoms with van der Waals surface area (Å²) in [6, 6.07) is 7.31. The Bertz CT molecular complexity index is 746. The highest BCUT2D eigenvalue weighted by atomic mass is 16.5. The summed E-state index contributed by atoms with van der Waals surface area (Å²) in [6.07, 6.45) is 1.88. The SMILES string of the molecule is COC(=O)c1cn(CCC#N)nc1-c1ccc(OC)c(OC)c1. The number of nitrogens with zero attached hydrogens (tertiary/aromatic N) is 3. The van der Waals surface area contributed by atoms with Crippen molar-refractivity contribution in [3.05, 3.63) is 30.0 Å². The zero-order valence-electron chi connectivity index (χ0n) is 13.2. The Kier molecular flexibility index (Phi) is 5.20. The first kappa shape index (κ1) is 16.4. The molecule has 0 fully saturated rings. The molecule has 0 N–H and O–H groups in total. The Morgan fingerprint density at radius 2 is 2.00 bits per heavy atom. The Balaban J connectivity index is 2.50. The Morgan fingerprint density at radius 1 is 1.26 bits per heavy atom. The molecule has 0 unspecified atom stereocenters. The number of esters is 1. The third-order valence-corrected chi connectivity index (χ3v) is 3.28. The van der Waals surface area contributed by atoms with Gasteiger partial charge in [0.05, 0.1) is 40.4 Å². The standard InChI is InChI=1S/C16H17N3O4/c1-21-13-6-5-11(9-14(13)22-2)15-12(16(20)23-3)10-19(18-15)8-4-7-17/h5-6,9-10H,4,8H2,1-3H3. The third kappa shape index (κ3) is 3.43. The maximum atomic E-state index is 12.0. The Morgan fingerprint density at radius 3 is 2.61 bits per heavy atom. The third-order valence-electron chi connectivity index (χ3n) is 3.28. The summed E-state index contributed by atoms with van der Waals surface area (Å²) >= 11 is 0. The molecule has 0 saturated heterocycles. The predicted octanol–water partition coefficient (Wildman–Crippen LogP) is 2.27. The van der Waals surface area contributed by atoms with Gasteiger partial charge in [-0.05, 0) is 18.2 Å². The van der Waals surface area contributed by atoms with Gasteiger partial charge in [0.1, 0.15) is 11.3 Å². The van der Waals surface area contributed by atoms with Crippen molar-refractivity contribution < 1.29 is 19.0 Å². The minimum atomic E-state index is -0.488. The smallest absolute Gasteiger partial charge is 0.341 e. The summed E-state index contributed by atoms with van der Waals surface area (Å²) in [5.41, 5.74) is 1.49. The van der Waals surface area contributed by atoms with E-state index in [1.54, 1.807) is 36.2 Å². The number of carbonyl (C=O) groups excluding carboxylic acids is 1. The molecule has 7 nitrogen and oxygen atoms in total. The molecule has 0 saturated carbocycles. The van der Waals surface area contributed by atoms with Crippen molar-refractivity contribution in [3.8, 4) is 28.8 Å². The van der Waals surface area contributed by atoms with Crippen molar-refractivity contribution in [2.45, 2.75) is 13.0 Å². The second-order valence-corrected chi connectivity index (χ2v) is 4.62. The molecule has 0 radical (unpaired) electrons. The lowest BCUT2D eigenvalue weighted by atomic mass is 10.1. The van der Waals surface area contributed by atoms with E-state index in [1.165, 1.54) is 14.2 Å². The molecule has 23 heavy (non-hydrogen) atoms. The molecule has 0 aliphatic rings. The highest BCUT2D eigenvalue weighted by molar-refractivity contribution is 5.96. The van der Waals surface area contributed by atoms with E-state index >= 15 is 0 Å². The zero-order chi connectivity index (χ0) is 16.8. The summed E-state index contributed by atoms with van der Waals surface area (Å²) in [4.78, 5) is 12.0. The maximum absolute atomic E-state index is 12.0. The molecule has 2 rings (SSSR count). The van der Waals surface area contributed by atoms with E-state index in [4.69, 9.17) is 19.5 Å². The highest BCUT2D eigenvalue weighted by Gasteiger charge is 2.19. The molecule has 0 aliphatic heterocycles. The molecule has 0 spiro atoms. The maximum Gasteiger partial charge on any atom is 0.341 e. The number of ether oxygens (including phenoxy) is 3. The van der Waals surface area contributed by atoms with E-state index in [-0.39, 0.29) is 0 Å². The lowest BCUT2D eigenvalue weighted by Crippen LogP contribution is -2.01. The number of carbonyl (C=O) groups is 1. The second-order valence-electron chi connectivity index (χ2n) is 4.62. The number of aromatic nitrogens is 2. The minimum Gasteiger partial charge on any atom is -0.493 e. The number of rotatable bonds is 6. The molecule has 0 bridgehead atoms. The van der Waals surface area contributed by atoms with E-state index in [1.807, 2.05) is 6.07 Å². The molecule has 1 aromatic carbocycles. The molecule has 2 aromatic rings. The average molecular weight is 315 g/mol. The molecule has 1 heterocycles. The monoisotopic (exact) mass is 315 g/mol. The van der Waals surface area contributed by atoms with Gasteiger partial charge in [-0.2, -0.15) is 10.4 Å². The number of nitriles is 1. The van der Waals surface area contributed by atoms with E-state index < -0.39 is 5.97 Å². The lowest BCUT2D eigenvalue weighted by molar-refractivity contribution is 0.0601. The molecular formula is C16H17N3O4. The average Bonchev–Trinajstić information content (AvgIpc) is 3.02. The molecule has 0 atom stereocenters. The number of benzene rings is 1. The van der Waals surface area contributed by atoms with E-state index in [2.05, 4.69) is 5.10 Å². The van der Waals surface area contributed by atoms with Crippen LogP contribution in [0.4, 0.5) is 0 Å². The van der Waals surface area contributed by atoms with Gasteiger partial charge in [-0.3, -0.25) is 4.68 Å². The summed E-state index contributed by atoms with van der Waals surface area (Å²) < 4.78 is 16.8. The lowest BCUT2D eigenvalue weighted by Gasteiger charge is -2.09. The van der Waals surface area contributed by atoms with Crippen molar-refractivity contribution in [1.29, 1.82) is 5.26 Å². The van der Waals surface area contributed by atoms with Crippen LogP contribution in [-0.4, -0.2) is 37.1 Å². The van der Waals surface area contributed by atoms with Crippen molar-refractivity contribution in [2.75, 3.05) is 21.3 Å². The van der Waals surface area contributed by atoms with Crippen molar-refractivity contribution in [3.63, 3.8) is 0 Å².